The van der Waals surface area contributed by atoms with Crippen molar-refractivity contribution in [3.63, 3.8) is 0 Å². The Labute approximate surface area is 124 Å². The highest BCUT2D eigenvalue weighted by Crippen LogP contribution is 2.12. The van der Waals surface area contributed by atoms with Crippen LogP contribution < -0.4 is 5.32 Å². The number of hydrogen-bond acceptors (Lipinski definition) is 4. The first-order valence-corrected chi connectivity index (χ1v) is 7.64. The largest absolute Gasteiger partial charge is 0.385 e. The molecular formula is C16H30N4. The average molecular weight is 278 g/mol. The molecule has 20 heavy (non-hydrogen) atoms. The van der Waals surface area contributed by atoms with Gasteiger partial charge < -0.3 is 10.2 Å². The summed E-state index contributed by atoms with van der Waals surface area (Å²) in [6, 6.07) is 4.74. The predicted octanol–water partition coefficient (Wildman–Crippen LogP) is 2.68. The number of aromatic nitrogens is 1. The van der Waals surface area contributed by atoms with Gasteiger partial charge in [0, 0.05) is 37.6 Å². The summed E-state index contributed by atoms with van der Waals surface area (Å²) < 4.78 is 0. The molecule has 0 aliphatic carbocycles. The smallest absolute Gasteiger partial charge is 0.0564 e. The van der Waals surface area contributed by atoms with Crippen LogP contribution in [0.15, 0.2) is 18.3 Å². The van der Waals surface area contributed by atoms with Crippen LogP contribution in [0.3, 0.4) is 0 Å². The molecule has 1 unspecified atom stereocenters. The Hall–Kier alpha value is -1.13. The molecule has 114 valence electrons. The molecule has 0 saturated carbocycles. The van der Waals surface area contributed by atoms with Crippen molar-refractivity contribution in [2.75, 3.05) is 39.0 Å². The van der Waals surface area contributed by atoms with E-state index in [1.165, 1.54) is 5.69 Å². The van der Waals surface area contributed by atoms with E-state index in [2.05, 4.69) is 61.0 Å². The molecule has 4 nitrogen and oxygen atoms in total. The van der Waals surface area contributed by atoms with Gasteiger partial charge in [-0.25, -0.2) is 0 Å². The van der Waals surface area contributed by atoms with E-state index in [9.17, 15) is 0 Å². The third-order valence-electron chi connectivity index (χ3n) is 3.42. The fourth-order valence-electron chi connectivity index (χ4n) is 2.38. The van der Waals surface area contributed by atoms with E-state index >= 15 is 0 Å². The third kappa shape index (κ3) is 5.88. The minimum atomic E-state index is 0.532. The van der Waals surface area contributed by atoms with Crippen molar-refractivity contribution in [3.05, 3.63) is 24.0 Å². The Kier molecular flexibility index (Phi) is 7.55. The Morgan fingerprint density at radius 1 is 1.30 bits per heavy atom. The molecule has 0 amide bonds. The molecule has 0 aromatic carbocycles. The topological polar surface area (TPSA) is 31.4 Å². The minimum absolute atomic E-state index is 0.532. The standard InChI is InChI=1S/C16H30N4/c1-6-9-17-15-8-10-18-16(11-15)13-20(7-2)14(3)12-19(4)5/h8,10-11,14H,6-7,9,12-13H2,1-5H3,(H,17,18). The second-order valence-electron chi connectivity index (χ2n) is 5.64. The van der Waals surface area contributed by atoms with E-state index in [4.69, 9.17) is 0 Å². The van der Waals surface area contributed by atoms with E-state index in [0.717, 1.165) is 38.3 Å². The van der Waals surface area contributed by atoms with Crippen LogP contribution in [0.4, 0.5) is 5.69 Å². The Morgan fingerprint density at radius 2 is 2.05 bits per heavy atom. The number of pyridine rings is 1. The van der Waals surface area contributed by atoms with E-state index in [1.807, 2.05) is 12.3 Å². The van der Waals surface area contributed by atoms with E-state index in [0.29, 0.717) is 6.04 Å². The van der Waals surface area contributed by atoms with Gasteiger partial charge in [0.15, 0.2) is 0 Å². The van der Waals surface area contributed by atoms with Crippen LogP contribution >= 0.6 is 0 Å². The normalized spacial score (nSPS) is 12.9. The summed E-state index contributed by atoms with van der Waals surface area (Å²) in [5, 5.41) is 3.42. The summed E-state index contributed by atoms with van der Waals surface area (Å²) in [7, 11) is 4.25. The van der Waals surface area contributed by atoms with Gasteiger partial charge in [0.2, 0.25) is 0 Å². The van der Waals surface area contributed by atoms with Crippen molar-refractivity contribution < 1.29 is 0 Å². The highest BCUT2D eigenvalue weighted by molar-refractivity contribution is 5.43. The van der Waals surface area contributed by atoms with Gasteiger partial charge in [0.05, 0.1) is 5.69 Å². The van der Waals surface area contributed by atoms with Gasteiger partial charge >= 0.3 is 0 Å². The first kappa shape index (κ1) is 16.9. The van der Waals surface area contributed by atoms with Crippen LogP contribution in [0.5, 0.6) is 0 Å². The summed E-state index contributed by atoms with van der Waals surface area (Å²) in [6.45, 7) is 10.7. The van der Waals surface area contributed by atoms with Crippen molar-refractivity contribution in [2.24, 2.45) is 0 Å². The molecule has 1 N–H and O–H groups in total. The fourth-order valence-corrected chi connectivity index (χ4v) is 2.38. The van der Waals surface area contributed by atoms with Crippen LogP contribution in [-0.4, -0.2) is 54.6 Å². The number of hydrogen-bond donors (Lipinski definition) is 1. The quantitative estimate of drug-likeness (QED) is 0.752. The zero-order chi connectivity index (χ0) is 15.0. The summed E-state index contributed by atoms with van der Waals surface area (Å²) in [4.78, 5) is 9.20. The SMILES string of the molecule is CCCNc1ccnc(CN(CC)C(C)CN(C)C)c1. The van der Waals surface area contributed by atoms with E-state index < -0.39 is 0 Å². The molecule has 1 aromatic heterocycles. The average Bonchev–Trinajstić information content (AvgIpc) is 2.42. The van der Waals surface area contributed by atoms with Crippen molar-refractivity contribution >= 4 is 5.69 Å². The zero-order valence-corrected chi connectivity index (χ0v) is 13.7. The Bertz CT molecular complexity index is 378. The number of nitrogens with one attached hydrogen (secondary N) is 1. The van der Waals surface area contributed by atoms with Crippen molar-refractivity contribution in [1.82, 2.24) is 14.8 Å². The van der Waals surface area contributed by atoms with Gasteiger partial charge in [-0.2, -0.15) is 0 Å². The lowest BCUT2D eigenvalue weighted by molar-refractivity contribution is 0.172. The van der Waals surface area contributed by atoms with Crippen LogP contribution in [0.1, 0.15) is 32.9 Å². The summed E-state index contributed by atoms with van der Waals surface area (Å²) in [5.74, 6) is 0. The minimum Gasteiger partial charge on any atom is -0.385 e. The van der Waals surface area contributed by atoms with Crippen molar-refractivity contribution in [3.8, 4) is 0 Å². The van der Waals surface area contributed by atoms with Crippen LogP contribution in [0.2, 0.25) is 0 Å². The molecule has 0 radical (unpaired) electrons. The second kappa shape index (κ2) is 8.93. The Balaban J connectivity index is 2.64. The molecule has 4 heteroatoms. The van der Waals surface area contributed by atoms with E-state index in [1.54, 1.807) is 0 Å². The first-order valence-electron chi connectivity index (χ1n) is 7.64. The molecule has 0 saturated heterocycles. The highest BCUT2D eigenvalue weighted by atomic mass is 15.2. The second-order valence-corrected chi connectivity index (χ2v) is 5.64. The molecule has 0 bridgehead atoms. The van der Waals surface area contributed by atoms with Crippen LogP contribution in [-0.2, 0) is 6.54 Å². The summed E-state index contributed by atoms with van der Waals surface area (Å²) in [5.41, 5.74) is 2.31. The van der Waals surface area contributed by atoms with Crippen LogP contribution in [0.25, 0.3) is 0 Å². The monoisotopic (exact) mass is 278 g/mol. The fraction of sp³-hybridized carbons (Fsp3) is 0.688. The van der Waals surface area contributed by atoms with Gasteiger partial charge in [-0.15, -0.1) is 0 Å². The number of rotatable bonds is 9. The zero-order valence-electron chi connectivity index (χ0n) is 13.7. The third-order valence-corrected chi connectivity index (χ3v) is 3.42. The van der Waals surface area contributed by atoms with Gasteiger partial charge in [0.1, 0.15) is 0 Å². The molecule has 0 fully saturated rings. The number of anilines is 1. The van der Waals surface area contributed by atoms with Gasteiger partial charge in [-0.05, 0) is 46.1 Å². The maximum absolute atomic E-state index is 4.50. The molecule has 1 heterocycles. The predicted molar refractivity (Wildman–Crippen MR) is 87.1 cm³/mol. The maximum atomic E-state index is 4.50. The molecule has 0 spiro atoms. The summed E-state index contributed by atoms with van der Waals surface area (Å²) >= 11 is 0. The van der Waals surface area contributed by atoms with Crippen molar-refractivity contribution in [2.45, 2.75) is 39.8 Å². The number of likely N-dealkylation sites (N-methyl/N-ethyl adjacent to an activating group) is 2. The maximum Gasteiger partial charge on any atom is 0.0564 e. The van der Waals surface area contributed by atoms with Crippen LogP contribution in [0, 0.1) is 0 Å². The molecule has 0 aliphatic heterocycles. The Morgan fingerprint density at radius 3 is 2.65 bits per heavy atom. The highest BCUT2D eigenvalue weighted by Gasteiger charge is 2.14. The first-order chi connectivity index (χ1) is 9.56. The van der Waals surface area contributed by atoms with Crippen molar-refractivity contribution in [1.29, 1.82) is 0 Å². The van der Waals surface area contributed by atoms with Gasteiger partial charge in [-0.3, -0.25) is 9.88 Å². The van der Waals surface area contributed by atoms with Gasteiger partial charge in [-0.1, -0.05) is 13.8 Å². The molecular weight excluding hydrogens is 248 g/mol. The molecule has 0 aliphatic rings. The lowest BCUT2D eigenvalue weighted by atomic mass is 10.2. The lowest BCUT2D eigenvalue weighted by Crippen LogP contribution is -2.39. The number of nitrogens with zero attached hydrogens (tertiary/aromatic N) is 3. The summed E-state index contributed by atoms with van der Waals surface area (Å²) in [6.07, 6.45) is 3.04. The van der Waals surface area contributed by atoms with Gasteiger partial charge in [0.25, 0.3) is 0 Å². The lowest BCUT2D eigenvalue weighted by Gasteiger charge is -2.29. The van der Waals surface area contributed by atoms with E-state index in [-0.39, 0.29) is 0 Å². The molecule has 1 rings (SSSR count). The molecule has 1 atom stereocenters. The molecule has 1 aromatic rings.